The lowest BCUT2D eigenvalue weighted by Gasteiger charge is -2.23. The molecule has 0 aliphatic carbocycles. The Morgan fingerprint density at radius 1 is 0.568 bits per heavy atom. The number of benzene rings is 6. The maximum atomic E-state index is 5.06. The van der Waals surface area contributed by atoms with E-state index in [0.29, 0.717) is 0 Å². The van der Waals surface area contributed by atoms with Crippen molar-refractivity contribution in [1.82, 2.24) is 9.88 Å². The van der Waals surface area contributed by atoms with E-state index in [4.69, 9.17) is 9.98 Å². The van der Waals surface area contributed by atoms with Gasteiger partial charge >= 0.3 is 0 Å². The second kappa shape index (κ2) is 10.0. The maximum Gasteiger partial charge on any atom is 0.159 e. The van der Waals surface area contributed by atoms with Gasteiger partial charge in [-0.15, -0.1) is 11.3 Å². The van der Waals surface area contributed by atoms with E-state index in [1.807, 2.05) is 47.7 Å². The van der Waals surface area contributed by atoms with Crippen LogP contribution in [0.3, 0.4) is 0 Å². The summed E-state index contributed by atoms with van der Waals surface area (Å²) < 4.78 is 5.05. The molecule has 208 valence electrons. The molecular weight excluding hydrogens is 557 g/mol. The summed E-state index contributed by atoms with van der Waals surface area (Å²) in [6.45, 7) is 0. The van der Waals surface area contributed by atoms with E-state index in [1.54, 1.807) is 0 Å². The van der Waals surface area contributed by atoms with Gasteiger partial charge in [0.25, 0.3) is 0 Å². The molecule has 0 radical (unpaired) electrons. The minimum Gasteiger partial charge on any atom is -0.344 e. The molecule has 5 heteroatoms. The Morgan fingerprint density at radius 2 is 1.27 bits per heavy atom. The van der Waals surface area contributed by atoms with E-state index in [0.717, 1.165) is 34.0 Å². The Hall–Kier alpha value is -5.52. The number of fused-ring (bicyclic) bond motifs is 7. The lowest BCUT2D eigenvalue weighted by molar-refractivity contribution is 0.674. The average molecular weight is 583 g/mol. The molecular formula is C39H26N4S. The Morgan fingerprint density at radius 3 is 2.09 bits per heavy atom. The lowest BCUT2D eigenvalue weighted by Crippen LogP contribution is -2.33. The average Bonchev–Trinajstić information content (AvgIpc) is 3.65. The zero-order valence-corrected chi connectivity index (χ0v) is 24.5. The van der Waals surface area contributed by atoms with Crippen LogP contribution in [-0.4, -0.2) is 16.2 Å². The number of nitrogens with zero attached hydrogens (tertiary/aromatic N) is 3. The minimum absolute atomic E-state index is 0.223. The molecule has 0 spiro atoms. The van der Waals surface area contributed by atoms with Gasteiger partial charge in [0.2, 0.25) is 0 Å². The highest BCUT2D eigenvalue weighted by Gasteiger charge is 2.21. The summed E-state index contributed by atoms with van der Waals surface area (Å²) in [5.41, 5.74) is 6.65. The third-order valence-corrected chi connectivity index (χ3v) is 9.67. The van der Waals surface area contributed by atoms with E-state index in [9.17, 15) is 0 Å². The number of rotatable bonds is 4. The van der Waals surface area contributed by atoms with Crippen LogP contribution in [0.15, 0.2) is 156 Å². The van der Waals surface area contributed by atoms with Gasteiger partial charge in [0.1, 0.15) is 12.0 Å². The van der Waals surface area contributed by atoms with E-state index < -0.39 is 0 Å². The summed E-state index contributed by atoms with van der Waals surface area (Å²) in [7, 11) is 0. The number of hydrogen-bond donors (Lipinski definition) is 1. The number of hydrogen-bond acceptors (Lipinski definition) is 4. The highest BCUT2D eigenvalue weighted by Crippen LogP contribution is 2.43. The predicted octanol–water partition coefficient (Wildman–Crippen LogP) is 9.65. The van der Waals surface area contributed by atoms with Crippen LogP contribution < -0.4 is 5.32 Å². The summed E-state index contributed by atoms with van der Waals surface area (Å²) in [6.07, 6.45) is -0.223. The topological polar surface area (TPSA) is 41.7 Å². The Labute approximate surface area is 258 Å². The van der Waals surface area contributed by atoms with Gasteiger partial charge in [-0.2, -0.15) is 0 Å². The van der Waals surface area contributed by atoms with Crippen LogP contribution in [0.4, 0.5) is 0 Å². The third kappa shape index (κ3) is 3.98. The van der Waals surface area contributed by atoms with Crippen molar-refractivity contribution in [1.29, 1.82) is 0 Å². The highest BCUT2D eigenvalue weighted by atomic mass is 32.1. The number of amidine groups is 2. The molecule has 0 amide bonds. The van der Waals surface area contributed by atoms with Crippen molar-refractivity contribution in [3.05, 3.63) is 162 Å². The van der Waals surface area contributed by atoms with E-state index in [-0.39, 0.29) is 6.17 Å². The molecule has 1 aliphatic rings. The van der Waals surface area contributed by atoms with Gasteiger partial charge in [-0.3, -0.25) is 0 Å². The molecule has 0 saturated carbocycles. The quantitative estimate of drug-likeness (QED) is 0.221. The minimum atomic E-state index is -0.223. The van der Waals surface area contributed by atoms with Crippen molar-refractivity contribution >= 4 is 65.0 Å². The first-order valence-electron chi connectivity index (χ1n) is 14.8. The first-order chi connectivity index (χ1) is 21.8. The fraction of sp³-hybridized carbons (Fsp3) is 0.0256. The summed E-state index contributed by atoms with van der Waals surface area (Å²) in [4.78, 5) is 10.1. The first kappa shape index (κ1) is 25.0. The van der Waals surface area contributed by atoms with Crippen LogP contribution >= 0.6 is 11.3 Å². The number of aromatic nitrogens is 1. The molecule has 0 fully saturated rings. The number of thiophene rings is 1. The molecule has 2 aromatic heterocycles. The van der Waals surface area contributed by atoms with E-state index >= 15 is 0 Å². The molecule has 0 saturated heterocycles. The van der Waals surface area contributed by atoms with Gasteiger partial charge in [-0.1, -0.05) is 103 Å². The van der Waals surface area contributed by atoms with E-state index in [1.165, 1.54) is 42.0 Å². The monoisotopic (exact) mass is 582 g/mol. The van der Waals surface area contributed by atoms with Gasteiger partial charge in [0.15, 0.2) is 5.84 Å². The number of para-hydroxylation sites is 1. The smallest absolute Gasteiger partial charge is 0.159 e. The van der Waals surface area contributed by atoms with Gasteiger partial charge in [-0.25, -0.2) is 9.98 Å². The molecule has 0 bridgehead atoms. The van der Waals surface area contributed by atoms with Gasteiger partial charge in [-0.05, 0) is 48.0 Å². The van der Waals surface area contributed by atoms with Gasteiger partial charge < -0.3 is 9.88 Å². The Bertz CT molecular complexity index is 2400. The van der Waals surface area contributed by atoms with Crippen LogP contribution in [0.1, 0.15) is 22.9 Å². The van der Waals surface area contributed by atoms with Crippen LogP contribution in [0.2, 0.25) is 0 Å². The second-order valence-electron chi connectivity index (χ2n) is 11.1. The predicted molar refractivity (Wildman–Crippen MR) is 186 cm³/mol. The molecule has 1 aliphatic heterocycles. The van der Waals surface area contributed by atoms with Crippen molar-refractivity contribution in [2.75, 3.05) is 0 Å². The standard InChI is InChI=1S/C39H26N4S/c1-3-11-25(12-4-1)37-40-38(26-13-5-2-6-14-26)42-39(41-37)27-19-21-28(22-20-27)43-32-17-9-7-16-31(32)35-33(43)24-23-30-29-15-8-10-18-34(29)44-36(30)35/h1-24,37H,(H,40,41,42). The van der Waals surface area contributed by atoms with Crippen molar-refractivity contribution < 1.29 is 0 Å². The Kier molecular flexibility index (Phi) is 5.71. The first-order valence-corrected chi connectivity index (χ1v) is 15.6. The summed E-state index contributed by atoms with van der Waals surface area (Å²) >= 11 is 1.88. The fourth-order valence-corrected chi connectivity index (χ4v) is 7.66. The fourth-order valence-electron chi connectivity index (χ4n) is 6.40. The van der Waals surface area contributed by atoms with Crippen molar-refractivity contribution in [3.8, 4) is 5.69 Å². The number of aliphatic imine (C=N–C) groups is 2. The largest absolute Gasteiger partial charge is 0.344 e. The summed E-state index contributed by atoms with van der Waals surface area (Å²) in [5, 5.41) is 8.77. The van der Waals surface area contributed by atoms with Crippen molar-refractivity contribution in [2.24, 2.45) is 9.98 Å². The highest BCUT2D eigenvalue weighted by molar-refractivity contribution is 7.26. The van der Waals surface area contributed by atoms with Gasteiger partial charge in [0, 0.05) is 47.8 Å². The molecule has 4 nitrogen and oxygen atoms in total. The summed E-state index contributed by atoms with van der Waals surface area (Å²) in [5.74, 6) is 1.54. The molecule has 8 aromatic rings. The van der Waals surface area contributed by atoms with Crippen LogP contribution in [-0.2, 0) is 0 Å². The lowest BCUT2D eigenvalue weighted by atomic mass is 10.1. The zero-order chi connectivity index (χ0) is 29.0. The molecule has 6 aromatic carbocycles. The van der Waals surface area contributed by atoms with Crippen molar-refractivity contribution in [3.63, 3.8) is 0 Å². The normalized spacial score (nSPS) is 15.0. The molecule has 1 unspecified atom stereocenters. The second-order valence-corrected chi connectivity index (χ2v) is 12.1. The Balaban J connectivity index is 1.18. The molecule has 1 atom stereocenters. The van der Waals surface area contributed by atoms with Crippen LogP contribution in [0, 0.1) is 0 Å². The zero-order valence-electron chi connectivity index (χ0n) is 23.7. The molecule has 3 heterocycles. The van der Waals surface area contributed by atoms with Crippen molar-refractivity contribution in [2.45, 2.75) is 6.17 Å². The van der Waals surface area contributed by atoms with E-state index in [2.05, 4.69) is 119 Å². The number of nitrogens with one attached hydrogen (secondary N) is 1. The molecule has 1 N–H and O–H groups in total. The molecule has 44 heavy (non-hydrogen) atoms. The SMILES string of the molecule is c1ccc(C2=NC(c3ccc(-n4c5ccccc5c5c6sc7ccccc7c6ccc54)cc3)=NC(c3ccccc3)N2)cc1. The molecule has 9 rings (SSSR count). The van der Waals surface area contributed by atoms with Crippen LogP contribution in [0.5, 0.6) is 0 Å². The third-order valence-electron chi connectivity index (χ3n) is 8.47. The van der Waals surface area contributed by atoms with Gasteiger partial charge in [0.05, 0.1) is 11.0 Å². The van der Waals surface area contributed by atoms with Crippen LogP contribution in [0.25, 0.3) is 47.7 Å². The summed E-state index contributed by atoms with van der Waals surface area (Å²) in [6, 6.07) is 51.3. The maximum absolute atomic E-state index is 5.06.